The molecule has 2 aromatic carbocycles. The van der Waals surface area contributed by atoms with E-state index in [1.165, 1.54) is 0 Å². The lowest BCUT2D eigenvalue weighted by Gasteiger charge is -2.18. The van der Waals surface area contributed by atoms with Crippen molar-refractivity contribution in [1.29, 1.82) is 0 Å². The van der Waals surface area contributed by atoms with Gasteiger partial charge in [-0.1, -0.05) is 55.5 Å². The Bertz CT molecular complexity index is 1680. The minimum Gasteiger partial charge on any atom is -0.453 e. The number of amidine groups is 1. The van der Waals surface area contributed by atoms with Gasteiger partial charge in [-0.15, -0.1) is 10.6 Å². The number of rotatable bonds is 10. The van der Waals surface area contributed by atoms with Crippen molar-refractivity contribution in [2.45, 2.75) is 59.3 Å². The van der Waals surface area contributed by atoms with Crippen molar-refractivity contribution in [2.75, 3.05) is 7.05 Å². The van der Waals surface area contributed by atoms with E-state index < -0.39 is 17.4 Å². The van der Waals surface area contributed by atoms with Crippen LogP contribution in [-0.2, 0) is 29.9 Å². The maximum absolute atomic E-state index is 13.5. The van der Waals surface area contributed by atoms with Gasteiger partial charge in [0.25, 0.3) is 0 Å². The fourth-order valence-electron chi connectivity index (χ4n) is 4.85. The van der Waals surface area contributed by atoms with Crippen molar-refractivity contribution >= 4 is 11.8 Å². The number of nitrogens with zero attached hydrogens (tertiary/aromatic N) is 4. The first-order chi connectivity index (χ1) is 20.1. The first kappa shape index (κ1) is 28.8. The summed E-state index contributed by atoms with van der Waals surface area (Å²) in [5.41, 5.74) is 8.59. The summed E-state index contributed by atoms with van der Waals surface area (Å²) in [6.45, 7) is 6.76. The molecule has 0 atom stereocenters. The minimum absolute atomic E-state index is 0.121. The number of aromatic nitrogens is 2. The van der Waals surface area contributed by atoms with Gasteiger partial charge in [0.1, 0.15) is 17.1 Å². The second-order valence-electron chi connectivity index (χ2n) is 10.6. The molecule has 0 amide bonds. The zero-order valence-electron chi connectivity index (χ0n) is 24.2. The highest BCUT2D eigenvalue weighted by molar-refractivity contribution is 6.04. The number of hydrogen-bond donors (Lipinski definition) is 3. The Labute approximate surface area is 242 Å². The van der Waals surface area contributed by atoms with E-state index in [1.807, 2.05) is 67.5 Å². The SMILES string of the molecule is CCCc1nc(C(C)(C)O)c(C(=O)OCc2oc(=O)oc2C)n1Cc1ccc(-c2ccccc2C2=NNNN2C)cc1. The summed E-state index contributed by atoms with van der Waals surface area (Å²) in [5, 5.41) is 17.1. The van der Waals surface area contributed by atoms with Crippen LogP contribution in [0.3, 0.4) is 0 Å². The molecule has 0 saturated heterocycles. The molecule has 0 bridgehead atoms. The van der Waals surface area contributed by atoms with E-state index in [0.717, 1.165) is 34.5 Å². The van der Waals surface area contributed by atoms with Crippen LogP contribution in [0.1, 0.15) is 71.8 Å². The monoisotopic (exact) mass is 574 g/mol. The average molecular weight is 575 g/mol. The number of benzene rings is 2. The largest absolute Gasteiger partial charge is 0.519 e. The standard InChI is InChI=1S/C30H34N6O6/c1-6-9-24-31-26(30(3,4)39)25(28(37)40-17-23-18(2)41-29(38)42-23)36(24)16-19-12-14-20(15-13-19)21-10-7-8-11-22(21)27-32-33-34-35(27)5/h7-8,10-15,33-34,39H,6,9,16-17H2,1-5H3. The highest BCUT2D eigenvalue weighted by Gasteiger charge is 2.33. The average Bonchev–Trinajstić information content (AvgIpc) is 3.64. The molecule has 12 nitrogen and oxygen atoms in total. The molecular formula is C30H34N6O6. The first-order valence-electron chi connectivity index (χ1n) is 13.7. The van der Waals surface area contributed by atoms with Crippen LogP contribution >= 0.6 is 0 Å². The molecule has 0 fully saturated rings. The van der Waals surface area contributed by atoms with Crippen molar-refractivity contribution < 1.29 is 23.5 Å². The number of hydrogen-bond acceptors (Lipinski definition) is 11. The molecule has 1 aliphatic heterocycles. The number of hydrazine groups is 2. The van der Waals surface area contributed by atoms with Crippen LogP contribution in [0.2, 0.25) is 0 Å². The molecule has 4 aromatic rings. The Morgan fingerprint density at radius 3 is 2.40 bits per heavy atom. The predicted octanol–water partition coefficient (Wildman–Crippen LogP) is 3.61. The summed E-state index contributed by atoms with van der Waals surface area (Å²) in [7, 11) is 1.88. The van der Waals surface area contributed by atoms with Crippen molar-refractivity contribution in [1.82, 2.24) is 25.6 Å². The van der Waals surface area contributed by atoms with Gasteiger partial charge in [0, 0.05) is 25.6 Å². The summed E-state index contributed by atoms with van der Waals surface area (Å²) in [6.07, 6.45) is 1.38. The van der Waals surface area contributed by atoms with Crippen molar-refractivity contribution in [3.05, 3.63) is 99.0 Å². The van der Waals surface area contributed by atoms with Crippen LogP contribution in [0, 0.1) is 6.92 Å². The number of hydrazone groups is 1. The number of nitrogens with one attached hydrogen (secondary N) is 2. The summed E-state index contributed by atoms with van der Waals surface area (Å²) < 4.78 is 17.2. The smallest absolute Gasteiger partial charge is 0.453 e. The van der Waals surface area contributed by atoms with E-state index in [2.05, 4.69) is 21.2 Å². The lowest BCUT2D eigenvalue weighted by Crippen LogP contribution is -2.37. The Morgan fingerprint density at radius 2 is 1.81 bits per heavy atom. The fraction of sp³-hybridized carbons (Fsp3) is 0.333. The van der Waals surface area contributed by atoms with Gasteiger partial charge >= 0.3 is 11.8 Å². The molecule has 3 N–H and O–H groups in total. The third-order valence-corrected chi connectivity index (χ3v) is 6.93. The summed E-state index contributed by atoms with van der Waals surface area (Å²) >= 11 is 0. The number of ether oxygens (including phenoxy) is 1. The van der Waals surface area contributed by atoms with Gasteiger partial charge in [0.05, 0.1) is 0 Å². The second kappa shape index (κ2) is 11.7. The Balaban J connectivity index is 1.47. The highest BCUT2D eigenvalue weighted by Crippen LogP contribution is 2.29. The normalized spacial score (nSPS) is 13.3. The topological polar surface area (TPSA) is 147 Å². The van der Waals surface area contributed by atoms with E-state index in [9.17, 15) is 14.7 Å². The molecule has 3 heterocycles. The zero-order valence-corrected chi connectivity index (χ0v) is 24.2. The summed E-state index contributed by atoms with van der Waals surface area (Å²) in [5.74, 6) is 0.216. The molecule has 0 unspecified atom stereocenters. The third kappa shape index (κ3) is 5.85. The van der Waals surface area contributed by atoms with Gasteiger partial charge < -0.3 is 23.2 Å². The second-order valence-corrected chi connectivity index (χ2v) is 10.6. The van der Waals surface area contributed by atoms with Gasteiger partial charge in [-0.2, -0.15) is 0 Å². The van der Waals surface area contributed by atoms with E-state index in [-0.39, 0.29) is 29.5 Å². The lowest BCUT2D eigenvalue weighted by atomic mass is 9.98. The number of aryl methyl sites for hydroxylation is 2. The lowest BCUT2D eigenvalue weighted by molar-refractivity contribution is 0.0395. The van der Waals surface area contributed by atoms with Crippen LogP contribution in [0.4, 0.5) is 0 Å². The van der Waals surface area contributed by atoms with Gasteiger partial charge in [0.15, 0.2) is 29.7 Å². The number of esters is 1. The first-order valence-corrected chi connectivity index (χ1v) is 13.7. The number of aliphatic hydroxyl groups is 1. The van der Waals surface area contributed by atoms with E-state index in [0.29, 0.717) is 18.8 Å². The highest BCUT2D eigenvalue weighted by atomic mass is 16.6. The molecule has 42 heavy (non-hydrogen) atoms. The molecule has 2 aromatic heterocycles. The molecule has 0 aliphatic carbocycles. The molecule has 220 valence electrons. The van der Waals surface area contributed by atoms with Crippen molar-refractivity contribution in [3.63, 3.8) is 0 Å². The van der Waals surface area contributed by atoms with Crippen LogP contribution in [0.25, 0.3) is 11.1 Å². The maximum atomic E-state index is 13.5. The van der Waals surface area contributed by atoms with E-state index in [1.54, 1.807) is 25.3 Å². The Morgan fingerprint density at radius 1 is 1.10 bits per heavy atom. The Hall–Kier alpha value is -4.68. The van der Waals surface area contributed by atoms with E-state index >= 15 is 0 Å². The Kier molecular flexibility index (Phi) is 8.01. The maximum Gasteiger partial charge on any atom is 0.519 e. The van der Waals surface area contributed by atoms with Crippen LogP contribution in [0.15, 0.2) is 67.3 Å². The van der Waals surface area contributed by atoms with Gasteiger partial charge in [-0.25, -0.2) is 20.1 Å². The number of carbonyl (C=O) groups is 1. The molecule has 0 radical (unpaired) electrons. The molecule has 0 spiro atoms. The fourth-order valence-corrected chi connectivity index (χ4v) is 4.85. The summed E-state index contributed by atoms with van der Waals surface area (Å²) in [6, 6.07) is 16.1. The van der Waals surface area contributed by atoms with Crippen molar-refractivity contribution in [2.24, 2.45) is 5.10 Å². The number of carbonyl (C=O) groups excluding carboxylic acids is 1. The zero-order chi connectivity index (χ0) is 30.0. The minimum atomic E-state index is -1.41. The summed E-state index contributed by atoms with van der Waals surface area (Å²) in [4.78, 5) is 29.6. The van der Waals surface area contributed by atoms with E-state index in [4.69, 9.17) is 13.6 Å². The van der Waals surface area contributed by atoms with Crippen LogP contribution < -0.4 is 16.9 Å². The van der Waals surface area contributed by atoms with Crippen LogP contribution in [0.5, 0.6) is 0 Å². The van der Waals surface area contributed by atoms with Gasteiger partial charge in [-0.3, -0.25) is 5.01 Å². The molecule has 0 saturated carbocycles. The van der Waals surface area contributed by atoms with Gasteiger partial charge in [-0.05, 0) is 43.9 Å². The molecule has 5 rings (SSSR count). The van der Waals surface area contributed by atoms with Crippen LogP contribution in [-0.4, -0.2) is 38.5 Å². The number of imidazole rings is 1. The molecular weight excluding hydrogens is 540 g/mol. The molecule has 12 heteroatoms. The third-order valence-electron chi connectivity index (χ3n) is 6.93. The molecule has 1 aliphatic rings. The van der Waals surface area contributed by atoms with Gasteiger partial charge in [0.2, 0.25) is 0 Å². The predicted molar refractivity (Wildman–Crippen MR) is 154 cm³/mol. The van der Waals surface area contributed by atoms with Crippen molar-refractivity contribution in [3.8, 4) is 11.1 Å². The quantitative estimate of drug-likeness (QED) is 0.240.